The monoisotopic (exact) mass is 1440 g/mol. The van der Waals surface area contributed by atoms with Crippen molar-refractivity contribution in [1.29, 1.82) is 0 Å². The van der Waals surface area contributed by atoms with Gasteiger partial charge in [-0.2, -0.15) is 0 Å². The zero-order chi connectivity index (χ0) is 72.3. The van der Waals surface area contributed by atoms with Gasteiger partial charge in [0.2, 0.25) is 47.1 Å². The largest absolute Gasteiger partial charge is 0.508 e. The number of rotatable bonds is 5. The number of hydrogen-bond donors (Lipinski definition) is 19. The molecule has 7 aromatic carbocycles. The van der Waals surface area contributed by atoms with Gasteiger partial charge in [0.05, 0.1) is 10.0 Å². The second kappa shape index (κ2) is 32.8. The topological polar surface area (TPSA) is 450 Å². The van der Waals surface area contributed by atoms with Crippen molar-refractivity contribution in [2.45, 2.75) is 54.8 Å². The number of halogens is 2. The Labute approximate surface area is 593 Å². The molecule has 8 atom stereocenters. The van der Waals surface area contributed by atoms with E-state index in [2.05, 4.69) is 58.5 Å². The Balaban J connectivity index is 1.02. The van der Waals surface area contributed by atoms with E-state index in [-0.39, 0.29) is 105 Å². The lowest BCUT2D eigenvalue weighted by atomic mass is 9.97. The maximum Gasteiger partial charge on any atom is 0.249 e. The first-order valence-corrected chi connectivity index (χ1v) is 33.3. The summed E-state index contributed by atoms with van der Waals surface area (Å²) in [5.41, 5.74) is 6.04. The zero-order valence-corrected chi connectivity index (χ0v) is 55.9. The average molecular weight is 1440 g/mol. The van der Waals surface area contributed by atoms with E-state index in [1.807, 2.05) is 0 Å². The molecule has 6 aliphatic rings. The highest BCUT2D eigenvalue weighted by Crippen LogP contribution is 2.47. The van der Waals surface area contributed by atoms with Crippen LogP contribution in [0.5, 0.6) is 69.0 Å². The lowest BCUT2D eigenvalue weighted by Crippen LogP contribution is -2.56. The van der Waals surface area contributed by atoms with Crippen LogP contribution in [-0.2, 0) is 40.0 Å². The molecule has 20 N–H and O–H groups in total. The van der Waals surface area contributed by atoms with Gasteiger partial charge in [0.25, 0.3) is 0 Å². The van der Waals surface area contributed by atoms with Crippen molar-refractivity contribution in [2.75, 3.05) is 78.5 Å². The summed E-state index contributed by atoms with van der Waals surface area (Å²) in [6, 6.07) is 12.4. The average Bonchev–Trinajstić information content (AvgIpc) is 0.788. The van der Waals surface area contributed by atoms with E-state index in [4.69, 9.17) is 43.1 Å². The molecule has 6 aliphatic heterocycles. The molecule has 0 aliphatic carbocycles. The van der Waals surface area contributed by atoms with Gasteiger partial charge in [-0.15, -0.1) is 0 Å². The molecule has 1 fully saturated rings. The van der Waals surface area contributed by atoms with Crippen molar-refractivity contribution in [3.63, 3.8) is 0 Å². The molecule has 6 heterocycles. The number of phenols is 6. The number of nitrogens with zero attached hydrogens (tertiary/aromatic N) is 1. The number of amides is 7. The molecule has 13 bridgehead atoms. The molecule has 536 valence electrons. The molecule has 102 heavy (non-hydrogen) atoms. The number of ether oxygens (including phenoxy) is 3. The molecule has 0 radical (unpaired) electrons. The SMILES string of the molecule is NC1C(=O)NC2Cc3ccc(c(Cl)c3)Oc3cc4cc(c3O)Oc3ccc(cc3Cl)C(O)C(C(=O)NC(C(=O)N3CCNCCNCCNCCNCCNCC3)c3cc(O)cc(O)c3)NC(=O)C(c3ccc(O)cc3)NC(=O)C4NC(=O)C(NC2=O)c2cc(O)cc(c2)Oc2cc1ccc2O. The van der Waals surface area contributed by atoms with Crippen molar-refractivity contribution in [3.8, 4) is 69.0 Å². The van der Waals surface area contributed by atoms with Crippen LogP contribution in [0.4, 0.5) is 0 Å². The van der Waals surface area contributed by atoms with Crippen LogP contribution >= 0.6 is 23.2 Å². The predicted octanol–water partition coefficient (Wildman–Crippen LogP) is 2.71. The van der Waals surface area contributed by atoms with E-state index in [0.717, 1.165) is 55.6 Å². The summed E-state index contributed by atoms with van der Waals surface area (Å²) in [6.45, 7) is 5.90. The lowest BCUT2D eigenvalue weighted by molar-refractivity contribution is -0.139. The summed E-state index contributed by atoms with van der Waals surface area (Å²) in [7, 11) is 0. The Bertz CT molecular complexity index is 4270. The summed E-state index contributed by atoms with van der Waals surface area (Å²) in [5, 5.41) is 112. The number of aliphatic hydroxyl groups is 1. The molecule has 7 amide bonds. The normalized spacial score (nSPS) is 21.7. The minimum atomic E-state index is -2.17. The number of benzene rings is 7. The highest BCUT2D eigenvalue weighted by atomic mass is 35.5. The van der Waals surface area contributed by atoms with Crippen LogP contribution in [0.1, 0.15) is 75.3 Å². The maximum absolute atomic E-state index is 15.9. The number of fused-ring (bicyclic) bond motifs is 15. The van der Waals surface area contributed by atoms with E-state index in [9.17, 15) is 40.5 Å². The van der Waals surface area contributed by atoms with Gasteiger partial charge < -0.3 is 119 Å². The van der Waals surface area contributed by atoms with Gasteiger partial charge in [0.1, 0.15) is 88.6 Å². The second-order valence-corrected chi connectivity index (χ2v) is 25.3. The van der Waals surface area contributed by atoms with Crippen LogP contribution in [0.15, 0.2) is 127 Å². The minimum Gasteiger partial charge on any atom is -0.508 e. The van der Waals surface area contributed by atoms with Crippen molar-refractivity contribution < 1.29 is 83.5 Å². The maximum atomic E-state index is 15.9. The van der Waals surface area contributed by atoms with Gasteiger partial charge >= 0.3 is 0 Å². The molecule has 0 aromatic heterocycles. The van der Waals surface area contributed by atoms with Gasteiger partial charge in [-0.25, -0.2) is 0 Å². The smallest absolute Gasteiger partial charge is 0.249 e. The highest BCUT2D eigenvalue weighted by Gasteiger charge is 2.41. The summed E-state index contributed by atoms with van der Waals surface area (Å²) < 4.78 is 18.6. The van der Waals surface area contributed by atoms with E-state index in [1.54, 1.807) is 0 Å². The third-order valence-electron chi connectivity index (χ3n) is 17.2. The number of hydrogen-bond acceptors (Lipinski definition) is 23. The van der Waals surface area contributed by atoms with Gasteiger partial charge in [-0.05, 0) is 124 Å². The van der Waals surface area contributed by atoms with E-state index in [1.165, 1.54) is 89.8 Å². The molecule has 8 unspecified atom stereocenters. The zero-order valence-electron chi connectivity index (χ0n) is 54.4. The Morgan fingerprint density at radius 3 is 1.56 bits per heavy atom. The number of nitrogens with one attached hydrogen (secondary N) is 11. The Morgan fingerprint density at radius 2 is 0.971 bits per heavy atom. The molecular weight excluding hydrogens is 1370 g/mol. The van der Waals surface area contributed by atoms with E-state index >= 15 is 28.8 Å². The number of carbonyl (C=O) groups excluding carboxylic acids is 7. The first-order chi connectivity index (χ1) is 49.0. The number of nitrogens with two attached hydrogens (primary N) is 1. The van der Waals surface area contributed by atoms with Gasteiger partial charge in [0.15, 0.2) is 23.0 Å². The van der Waals surface area contributed by atoms with Crippen LogP contribution in [0.2, 0.25) is 10.0 Å². The number of phenolic OH excluding ortho intramolecular Hbond substituents is 6. The fourth-order valence-electron chi connectivity index (χ4n) is 11.9. The number of aromatic hydroxyl groups is 6. The van der Waals surface area contributed by atoms with Crippen LogP contribution in [-0.4, -0.2) is 173 Å². The fraction of sp³-hybridized carbons (Fsp3) is 0.300. The molecular formula is C70H75Cl2N13O17. The molecule has 0 saturated carbocycles. The molecule has 13 rings (SSSR count). The first kappa shape index (κ1) is 72.6. The third kappa shape index (κ3) is 17.7. The highest BCUT2D eigenvalue weighted by molar-refractivity contribution is 6.32. The summed E-state index contributed by atoms with van der Waals surface area (Å²) in [4.78, 5) is 109. The van der Waals surface area contributed by atoms with Crippen molar-refractivity contribution in [2.24, 2.45) is 5.73 Å². The molecule has 0 spiro atoms. The van der Waals surface area contributed by atoms with Gasteiger partial charge in [-0.3, -0.25) is 33.6 Å². The summed E-state index contributed by atoms with van der Waals surface area (Å²) in [5.74, 6) is -12.5. The van der Waals surface area contributed by atoms with Crippen molar-refractivity contribution in [1.82, 2.24) is 63.4 Å². The lowest BCUT2D eigenvalue weighted by Gasteiger charge is -2.32. The third-order valence-corrected chi connectivity index (χ3v) is 17.8. The first-order valence-electron chi connectivity index (χ1n) is 32.6. The quantitative estimate of drug-likeness (QED) is 0.118. The molecule has 30 nitrogen and oxygen atoms in total. The second-order valence-electron chi connectivity index (χ2n) is 24.5. The minimum absolute atomic E-state index is 0.0821. The standard InChI is InChI=1S/C70H75Cl2N13O17/c71-47-23-35-1-9-51(47)101-54-31-41-32-55(63(54)92)102-52-10-5-38(29-48(52)72)62(91)61(69(98)83-60(39-25-43(87)33-44(88)26-39)70(99)85-21-19-77-17-15-75-13-11-74-12-14-76-16-18-78-20-22-85)84-66(95)57(36-2-6-42(86)7-3-36)81-68(97)59(41)82-67(96)58-40-27-45(89)34-46(28-40)100-53-30-37(4-8-50(53)90)56(73)65(94)79-49(24-35)64(93)80-58/h1-10,23,25-34,49,56-62,74-78,86-92H,11-22,24,73H2,(H,79,94)(H,80,93)(H,81,97)(H,82,96)(H,83,98)(H,84,95). The van der Waals surface area contributed by atoms with Crippen LogP contribution < -0.4 is 78.4 Å². The molecule has 1 saturated heterocycles. The summed E-state index contributed by atoms with van der Waals surface area (Å²) >= 11 is 13.9. The Kier molecular flexibility index (Phi) is 23.3. The predicted molar refractivity (Wildman–Crippen MR) is 369 cm³/mol. The van der Waals surface area contributed by atoms with E-state index < -0.39 is 130 Å². The Morgan fingerprint density at radius 1 is 0.471 bits per heavy atom. The van der Waals surface area contributed by atoms with Gasteiger partial charge in [-0.1, -0.05) is 53.5 Å². The van der Waals surface area contributed by atoms with Crippen molar-refractivity contribution >= 4 is 64.6 Å². The van der Waals surface area contributed by atoms with Crippen molar-refractivity contribution in [3.05, 3.63) is 176 Å². The Hall–Kier alpha value is -10.7. The number of carbonyl (C=O) groups is 7. The van der Waals surface area contributed by atoms with Crippen LogP contribution in [0, 0.1) is 0 Å². The van der Waals surface area contributed by atoms with Crippen LogP contribution in [0.25, 0.3) is 0 Å². The number of aliphatic hydroxyl groups excluding tert-OH is 1. The van der Waals surface area contributed by atoms with Gasteiger partial charge in [0, 0.05) is 97.1 Å². The molecule has 32 heteroatoms. The fourth-order valence-corrected chi connectivity index (χ4v) is 12.3. The van der Waals surface area contributed by atoms with Crippen LogP contribution in [0.3, 0.4) is 0 Å². The summed E-state index contributed by atoms with van der Waals surface area (Å²) in [6.07, 6.45) is -2.45. The van der Waals surface area contributed by atoms with E-state index in [0.29, 0.717) is 44.8 Å². The molecule has 7 aromatic rings.